The fourth-order valence-electron chi connectivity index (χ4n) is 3.75. The number of amides is 2. The van der Waals surface area contributed by atoms with E-state index in [1.807, 2.05) is 36.4 Å². The van der Waals surface area contributed by atoms with E-state index >= 15 is 0 Å². The lowest BCUT2D eigenvalue weighted by Gasteiger charge is -2.25. The lowest BCUT2D eigenvalue weighted by Crippen LogP contribution is -2.40. The van der Waals surface area contributed by atoms with Crippen molar-refractivity contribution in [1.82, 2.24) is 14.8 Å². The second kappa shape index (κ2) is 12.7. The molecule has 2 amide bonds. The van der Waals surface area contributed by atoms with Crippen LogP contribution in [0.3, 0.4) is 0 Å². The van der Waals surface area contributed by atoms with Gasteiger partial charge in [0, 0.05) is 38.4 Å². The molecular weight excluding hydrogens is 438 g/mol. The molecule has 1 fully saturated rings. The van der Waals surface area contributed by atoms with E-state index in [0.29, 0.717) is 19.6 Å². The highest BCUT2D eigenvalue weighted by atomic mass is 16.5. The Bertz CT molecular complexity index is 968. The minimum atomic E-state index is -0.403. The summed E-state index contributed by atoms with van der Waals surface area (Å²) < 4.78 is 16.1. The van der Waals surface area contributed by atoms with E-state index in [0.717, 1.165) is 16.9 Å². The van der Waals surface area contributed by atoms with Crippen LogP contribution in [0.15, 0.2) is 48.8 Å². The smallest absolute Gasteiger partial charge is 0.307 e. The summed E-state index contributed by atoms with van der Waals surface area (Å²) in [5.41, 5.74) is 1.93. The molecule has 1 aromatic carbocycles. The van der Waals surface area contributed by atoms with E-state index in [9.17, 15) is 14.4 Å². The van der Waals surface area contributed by atoms with E-state index in [2.05, 4.69) is 4.98 Å². The Labute approximate surface area is 199 Å². The summed E-state index contributed by atoms with van der Waals surface area (Å²) in [5.74, 6) is 0.00421. The number of nitrogens with zero attached hydrogens (tertiary/aromatic N) is 3. The molecule has 0 N–H and O–H groups in total. The number of hydrogen-bond acceptors (Lipinski definition) is 7. The number of benzene rings is 1. The van der Waals surface area contributed by atoms with Crippen LogP contribution in [0.1, 0.15) is 24.0 Å². The fraction of sp³-hybridized carbons (Fsp3) is 0.440. The van der Waals surface area contributed by atoms with E-state index in [1.165, 1.54) is 7.11 Å². The monoisotopic (exact) mass is 469 g/mol. The molecule has 9 nitrogen and oxygen atoms in total. The van der Waals surface area contributed by atoms with Crippen LogP contribution < -0.4 is 4.74 Å². The van der Waals surface area contributed by atoms with E-state index in [-0.39, 0.29) is 44.3 Å². The molecule has 1 atom stereocenters. The molecule has 0 radical (unpaired) electrons. The van der Waals surface area contributed by atoms with E-state index < -0.39 is 12.1 Å². The number of rotatable bonds is 10. The van der Waals surface area contributed by atoms with Crippen molar-refractivity contribution in [3.8, 4) is 5.75 Å². The second-order valence-electron chi connectivity index (χ2n) is 8.08. The van der Waals surface area contributed by atoms with Gasteiger partial charge in [0.2, 0.25) is 11.8 Å². The summed E-state index contributed by atoms with van der Waals surface area (Å²) in [6.07, 6.45) is 3.91. The predicted octanol–water partition coefficient (Wildman–Crippen LogP) is 1.84. The zero-order chi connectivity index (χ0) is 24.3. The van der Waals surface area contributed by atoms with Crippen LogP contribution in [0.25, 0.3) is 0 Å². The number of aromatic nitrogens is 1. The molecule has 1 aromatic heterocycles. The Morgan fingerprint density at radius 3 is 2.59 bits per heavy atom. The Morgan fingerprint density at radius 2 is 1.85 bits per heavy atom. The number of carbonyl (C=O) groups is 3. The summed E-state index contributed by atoms with van der Waals surface area (Å²) in [6.45, 7) is 1.05. The summed E-state index contributed by atoms with van der Waals surface area (Å²) in [7, 11) is 2.92. The van der Waals surface area contributed by atoms with Gasteiger partial charge in [-0.25, -0.2) is 0 Å². The number of aryl methyl sites for hydroxylation is 1. The van der Waals surface area contributed by atoms with Crippen LogP contribution in [0.4, 0.5) is 0 Å². The number of pyridine rings is 1. The SMILES string of the molecule is COC(=O)CCN1CC(OCc2cccc(OC)c2)CN(C(=O)CCc2ccncc2)CC1=O. The van der Waals surface area contributed by atoms with Gasteiger partial charge in [-0.05, 0) is 41.8 Å². The normalized spacial score (nSPS) is 16.2. The standard InChI is InChI=1S/C25H31N3O6/c1-32-21-5-3-4-20(14-21)18-34-22-15-27(13-10-25(31)33-2)24(30)17-28(16-22)23(29)7-6-19-8-11-26-12-9-19/h3-5,8-9,11-12,14,22H,6-7,10,13,15-18H2,1-2H3. The van der Waals surface area contributed by atoms with Crippen LogP contribution in [0.5, 0.6) is 5.75 Å². The molecule has 1 aliphatic heterocycles. The zero-order valence-electron chi connectivity index (χ0n) is 19.6. The average molecular weight is 470 g/mol. The zero-order valence-corrected chi connectivity index (χ0v) is 19.6. The van der Waals surface area contributed by atoms with Gasteiger partial charge >= 0.3 is 5.97 Å². The van der Waals surface area contributed by atoms with Crippen molar-refractivity contribution in [2.45, 2.75) is 32.0 Å². The van der Waals surface area contributed by atoms with Crippen LogP contribution >= 0.6 is 0 Å². The largest absolute Gasteiger partial charge is 0.497 e. The minimum Gasteiger partial charge on any atom is -0.497 e. The molecule has 1 saturated heterocycles. The highest BCUT2D eigenvalue weighted by Crippen LogP contribution is 2.17. The van der Waals surface area contributed by atoms with Crippen molar-refractivity contribution in [1.29, 1.82) is 0 Å². The summed E-state index contributed by atoms with van der Waals surface area (Å²) in [4.78, 5) is 44.6. The third-order valence-corrected chi connectivity index (χ3v) is 5.69. The maximum atomic E-state index is 13.0. The topological polar surface area (TPSA) is 98.3 Å². The van der Waals surface area contributed by atoms with Crippen molar-refractivity contribution in [3.05, 3.63) is 59.9 Å². The van der Waals surface area contributed by atoms with Gasteiger partial charge in [0.1, 0.15) is 5.75 Å². The molecule has 0 spiro atoms. The Balaban J connectivity index is 1.67. The maximum absolute atomic E-state index is 13.0. The third-order valence-electron chi connectivity index (χ3n) is 5.69. The summed E-state index contributed by atoms with van der Waals surface area (Å²) in [6, 6.07) is 11.3. The van der Waals surface area contributed by atoms with Crippen LogP contribution in [-0.2, 0) is 36.9 Å². The first kappa shape index (κ1) is 25.2. The molecule has 1 unspecified atom stereocenters. The molecule has 2 aromatic rings. The molecule has 9 heteroatoms. The van der Waals surface area contributed by atoms with Gasteiger partial charge in [-0.15, -0.1) is 0 Å². The molecular formula is C25H31N3O6. The first-order valence-electron chi connectivity index (χ1n) is 11.2. The van der Waals surface area contributed by atoms with Gasteiger partial charge in [0.15, 0.2) is 0 Å². The second-order valence-corrected chi connectivity index (χ2v) is 8.08. The highest BCUT2D eigenvalue weighted by molar-refractivity contribution is 5.85. The van der Waals surface area contributed by atoms with E-state index in [1.54, 1.807) is 29.3 Å². The predicted molar refractivity (Wildman–Crippen MR) is 124 cm³/mol. The van der Waals surface area contributed by atoms with Crippen molar-refractivity contribution < 1.29 is 28.6 Å². The molecule has 0 bridgehead atoms. The summed E-state index contributed by atoms with van der Waals surface area (Å²) in [5, 5.41) is 0. The fourth-order valence-corrected chi connectivity index (χ4v) is 3.75. The van der Waals surface area contributed by atoms with Crippen molar-refractivity contribution >= 4 is 17.8 Å². The Hall–Kier alpha value is -3.46. The third kappa shape index (κ3) is 7.55. The van der Waals surface area contributed by atoms with Crippen LogP contribution in [0.2, 0.25) is 0 Å². The molecule has 2 heterocycles. The molecule has 34 heavy (non-hydrogen) atoms. The van der Waals surface area contributed by atoms with Gasteiger partial charge in [-0.3, -0.25) is 19.4 Å². The Kier molecular flexibility index (Phi) is 9.40. The summed E-state index contributed by atoms with van der Waals surface area (Å²) >= 11 is 0. The first-order chi connectivity index (χ1) is 16.5. The first-order valence-corrected chi connectivity index (χ1v) is 11.2. The van der Waals surface area contributed by atoms with Gasteiger partial charge < -0.3 is 24.0 Å². The quantitative estimate of drug-likeness (QED) is 0.490. The number of ether oxygens (including phenoxy) is 3. The van der Waals surface area contributed by atoms with Gasteiger partial charge in [0.05, 0.1) is 39.9 Å². The molecule has 182 valence electrons. The van der Waals surface area contributed by atoms with Crippen molar-refractivity contribution in [3.63, 3.8) is 0 Å². The minimum absolute atomic E-state index is 0.0463. The van der Waals surface area contributed by atoms with Gasteiger partial charge in [0.25, 0.3) is 0 Å². The van der Waals surface area contributed by atoms with Gasteiger partial charge in [-0.2, -0.15) is 0 Å². The number of carbonyl (C=O) groups excluding carboxylic acids is 3. The number of methoxy groups -OCH3 is 2. The Morgan fingerprint density at radius 1 is 1.06 bits per heavy atom. The number of esters is 1. The molecule has 0 saturated carbocycles. The molecule has 3 rings (SSSR count). The number of hydrogen-bond donors (Lipinski definition) is 0. The highest BCUT2D eigenvalue weighted by Gasteiger charge is 2.31. The molecule has 0 aliphatic carbocycles. The van der Waals surface area contributed by atoms with Gasteiger partial charge in [-0.1, -0.05) is 12.1 Å². The van der Waals surface area contributed by atoms with Crippen LogP contribution in [-0.4, -0.2) is 79.1 Å². The lowest BCUT2D eigenvalue weighted by molar-refractivity contribution is -0.142. The van der Waals surface area contributed by atoms with Crippen molar-refractivity contribution in [2.24, 2.45) is 0 Å². The average Bonchev–Trinajstić information content (AvgIpc) is 3.03. The van der Waals surface area contributed by atoms with E-state index in [4.69, 9.17) is 14.2 Å². The van der Waals surface area contributed by atoms with Crippen molar-refractivity contribution in [2.75, 3.05) is 40.4 Å². The lowest BCUT2D eigenvalue weighted by atomic mass is 10.1. The maximum Gasteiger partial charge on any atom is 0.307 e. The van der Waals surface area contributed by atoms with Crippen LogP contribution in [0, 0.1) is 0 Å². The molecule has 1 aliphatic rings.